The smallest absolute Gasteiger partial charge is 0.407 e. The van der Waals surface area contributed by atoms with E-state index >= 15 is 0 Å². The first-order valence-electron chi connectivity index (χ1n) is 11.5. The third-order valence-corrected chi connectivity index (χ3v) is 6.49. The minimum atomic E-state index is -1.33. The van der Waals surface area contributed by atoms with Crippen molar-refractivity contribution in [2.75, 3.05) is 13.2 Å². The van der Waals surface area contributed by atoms with E-state index < -0.39 is 23.2 Å². The number of carbonyl (C=O) groups is 1. The van der Waals surface area contributed by atoms with E-state index in [9.17, 15) is 25.1 Å². The average Bonchev–Trinajstić information content (AvgIpc) is 3.46. The van der Waals surface area contributed by atoms with E-state index in [1.807, 2.05) is 36.4 Å². The predicted molar refractivity (Wildman–Crippen MR) is 131 cm³/mol. The van der Waals surface area contributed by atoms with Crippen LogP contribution in [0.15, 0.2) is 67.0 Å². The molecule has 0 spiro atoms. The molecule has 0 fully saturated rings. The number of alkyl carbamates (subject to hydrolysis) is 1. The van der Waals surface area contributed by atoms with Gasteiger partial charge in [-0.1, -0.05) is 48.5 Å². The van der Waals surface area contributed by atoms with Crippen LogP contribution in [-0.4, -0.2) is 50.5 Å². The van der Waals surface area contributed by atoms with Gasteiger partial charge in [0.05, 0.1) is 22.6 Å². The topological polar surface area (TPSA) is 151 Å². The van der Waals surface area contributed by atoms with Gasteiger partial charge in [0.1, 0.15) is 18.4 Å². The van der Waals surface area contributed by atoms with Crippen LogP contribution in [0.25, 0.3) is 22.2 Å². The van der Waals surface area contributed by atoms with Gasteiger partial charge in [-0.05, 0) is 34.7 Å². The summed E-state index contributed by atoms with van der Waals surface area (Å²) < 4.78 is 5.47. The van der Waals surface area contributed by atoms with Crippen molar-refractivity contribution >= 4 is 22.8 Å². The molecule has 0 aliphatic heterocycles. The third-order valence-electron chi connectivity index (χ3n) is 6.49. The van der Waals surface area contributed by atoms with Crippen molar-refractivity contribution in [3.63, 3.8) is 0 Å². The van der Waals surface area contributed by atoms with Crippen molar-refractivity contribution in [2.45, 2.75) is 24.5 Å². The summed E-state index contributed by atoms with van der Waals surface area (Å²) in [5, 5.41) is 34.9. The molecule has 5 rings (SSSR count). The van der Waals surface area contributed by atoms with Gasteiger partial charge in [0.2, 0.25) is 0 Å². The van der Waals surface area contributed by atoms with Gasteiger partial charge in [0.25, 0.3) is 5.69 Å². The van der Waals surface area contributed by atoms with E-state index in [2.05, 4.69) is 27.4 Å². The molecule has 2 atom stereocenters. The molecule has 184 valence electrons. The molecule has 0 radical (unpaired) electrons. The Kier molecular flexibility index (Phi) is 6.36. The summed E-state index contributed by atoms with van der Waals surface area (Å²) in [6.07, 6.45) is -0.571. The Morgan fingerprint density at radius 2 is 1.81 bits per heavy atom. The number of amides is 1. The maximum atomic E-state index is 12.3. The first-order valence-corrected chi connectivity index (χ1v) is 11.5. The Labute approximate surface area is 205 Å². The summed E-state index contributed by atoms with van der Waals surface area (Å²) in [6.45, 7) is 0.237. The third kappa shape index (κ3) is 4.39. The number of carbonyl (C=O) groups excluding carboxylic acids is 1. The highest BCUT2D eigenvalue weighted by Crippen LogP contribution is 2.44. The Hall–Kier alpha value is -4.28. The maximum absolute atomic E-state index is 12.3. The summed E-state index contributed by atoms with van der Waals surface area (Å²) in [6, 6.07) is 17.5. The minimum absolute atomic E-state index is 0.0403. The molecule has 2 unspecified atom stereocenters. The Balaban J connectivity index is 1.15. The molecule has 0 bridgehead atoms. The quantitative estimate of drug-likeness (QED) is 0.218. The Morgan fingerprint density at radius 3 is 2.47 bits per heavy atom. The number of H-pyrrole nitrogens is 1. The van der Waals surface area contributed by atoms with E-state index in [1.165, 1.54) is 18.5 Å². The molecule has 2 aromatic carbocycles. The Morgan fingerprint density at radius 1 is 1.14 bits per heavy atom. The molecule has 1 aliphatic rings. The monoisotopic (exact) mass is 488 g/mol. The van der Waals surface area contributed by atoms with Gasteiger partial charge in [-0.25, -0.2) is 9.78 Å². The SMILES string of the molecule is O=C(NCCC(O)C(O)c1cnc2[nH]cc([N+](=O)[O-])c2c1)OCC1c2ccccc2-c2ccccc21. The molecule has 0 saturated heterocycles. The number of nitrogens with zero attached hydrogens (tertiary/aromatic N) is 2. The molecule has 2 heterocycles. The summed E-state index contributed by atoms with van der Waals surface area (Å²) in [7, 11) is 0. The van der Waals surface area contributed by atoms with Gasteiger partial charge in [-0.3, -0.25) is 10.1 Å². The standard InChI is InChI=1S/C26H24N4O6/c31-23(24(32)15-11-20-22(30(34)35)13-29-25(20)28-12-15)9-10-27-26(33)36-14-21-18-7-3-1-5-16(18)17-6-2-4-8-19(17)21/h1-8,11-13,21,23-24,31-32H,9-10,14H2,(H,27,33)(H,28,29). The largest absolute Gasteiger partial charge is 0.449 e. The number of rotatable bonds is 8. The van der Waals surface area contributed by atoms with Gasteiger partial charge in [-0.15, -0.1) is 0 Å². The minimum Gasteiger partial charge on any atom is -0.449 e. The zero-order chi connectivity index (χ0) is 25.2. The van der Waals surface area contributed by atoms with E-state index in [4.69, 9.17) is 4.74 Å². The molecule has 10 heteroatoms. The van der Waals surface area contributed by atoms with Crippen LogP contribution in [0, 0.1) is 10.1 Å². The number of nitro groups is 1. The number of aliphatic hydroxyl groups excluding tert-OH is 2. The zero-order valence-corrected chi connectivity index (χ0v) is 19.1. The lowest BCUT2D eigenvalue weighted by Gasteiger charge is -2.18. The van der Waals surface area contributed by atoms with Gasteiger partial charge < -0.3 is 25.3 Å². The summed E-state index contributed by atoms with van der Waals surface area (Å²) >= 11 is 0. The number of benzene rings is 2. The number of aliphatic hydroxyl groups is 2. The van der Waals surface area contributed by atoms with Crippen molar-refractivity contribution in [3.05, 3.63) is 93.8 Å². The van der Waals surface area contributed by atoms with Gasteiger partial charge in [0.15, 0.2) is 0 Å². The fourth-order valence-corrected chi connectivity index (χ4v) is 4.67. The summed E-state index contributed by atoms with van der Waals surface area (Å²) in [4.78, 5) is 29.7. The summed E-state index contributed by atoms with van der Waals surface area (Å²) in [5.41, 5.74) is 4.87. The number of aromatic nitrogens is 2. The predicted octanol–water partition coefficient (Wildman–Crippen LogP) is 3.79. The van der Waals surface area contributed by atoms with Crippen LogP contribution in [0.4, 0.5) is 10.5 Å². The highest BCUT2D eigenvalue weighted by Gasteiger charge is 2.29. The number of pyridine rings is 1. The number of fused-ring (bicyclic) bond motifs is 4. The highest BCUT2D eigenvalue weighted by atomic mass is 16.6. The van der Waals surface area contributed by atoms with Crippen molar-refractivity contribution in [2.24, 2.45) is 0 Å². The van der Waals surface area contributed by atoms with Crippen molar-refractivity contribution in [1.82, 2.24) is 15.3 Å². The fraction of sp³-hybridized carbons (Fsp3) is 0.231. The molecule has 36 heavy (non-hydrogen) atoms. The van der Waals surface area contributed by atoms with Crippen LogP contribution in [0.1, 0.15) is 35.1 Å². The first kappa shape index (κ1) is 23.5. The lowest BCUT2D eigenvalue weighted by atomic mass is 9.98. The van der Waals surface area contributed by atoms with Crippen molar-refractivity contribution in [3.8, 4) is 11.1 Å². The molecule has 10 nitrogen and oxygen atoms in total. The number of nitrogens with one attached hydrogen (secondary N) is 2. The lowest BCUT2D eigenvalue weighted by Crippen LogP contribution is -2.30. The number of aromatic amines is 1. The van der Waals surface area contributed by atoms with Crippen LogP contribution >= 0.6 is 0 Å². The van der Waals surface area contributed by atoms with Crippen LogP contribution < -0.4 is 5.32 Å². The van der Waals surface area contributed by atoms with E-state index in [-0.39, 0.29) is 42.1 Å². The fourth-order valence-electron chi connectivity index (χ4n) is 4.67. The molecular weight excluding hydrogens is 464 g/mol. The second-order valence-electron chi connectivity index (χ2n) is 8.65. The van der Waals surface area contributed by atoms with Gasteiger partial charge in [-0.2, -0.15) is 0 Å². The summed E-state index contributed by atoms with van der Waals surface area (Å²) in [5.74, 6) is -0.0598. The molecule has 4 aromatic rings. The second-order valence-corrected chi connectivity index (χ2v) is 8.65. The van der Waals surface area contributed by atoms with Gasteiger partial charge >= 0.3 is 6.09 Å². The Bertz CT molecular complexity index is 1390. The average molecular weight is 489 g/mol. The molecule has 1 aliphatic carbocycles. The van der Waals surface area contributed by atoms with Crippen LogP contribution in [-0.2, 0) is 4.74 Å². The lowest BCUT2D eigenvalue weighted by molar-refractivity contribution is -0.383. The van der Waals surface area contributed by atoms with Crippen LogP contribution in [0.2, 0.25) is 0 Å². The molecule has 4 N–H and O–H groups in total. The number of hydrogen-bond acceptors (Lipinski definition) is 7. The van der Waals surface area contributed by atoms with E-state index in [1.54, 1.807) is 0 Å². The molecule has 2 aromatic heterocycles. The maximum Gasteiger partial charge on any atom is 0.407 e. The van der Waals surface area contributed by atoms with E-state index in [0.29, 0.717) is 5.65 Å². The molecular formula is C26H24N4O6. The second kappa shape index (κ2) is 9.76. The number of ether oxygens (including phenoxy) is 1. The molecule has 1 amide bonds. The van der Waals surface area contributed by atoms with Crippen molar-refractivity contribution in [1.29, 1.82) is 0 Å². The number of hydrogen-bond donors (Lipinski definition) is 4. The van der Waals surface area contributed by atoms with Crippen LogP contribution in [0.5, 0.6) is 0 Å². The first-order chi connectivity index (χ1) is 17.4. The molecule has 0 saturated carbocycles. The van der Waals surface area contributed by atoms with Crippen LogP contribution in [0.3, 0.4) is 0 Å². The normalized spacial score (nSPS) is 14.2. The van der Waals surface area contributed by atoms with E-state index in [0.717, 1.165) is 22.3 Å². The van der Waals surface area contributed by atoms with Gasteiger partial charge in [0, 0.05) is 24.2 Å². The zero-order valence-electron chi connectivity index (χ0n) is 19.1. The highest BCUT2D eigenvalue weighted by molar-refractivity contribution is 5.86. The van der Waals surface area contributed by atoms with Crippen molar-refractivity contribution < 1.29 is 24.7 Å².